The van der Waals surface area contributed by atoms with Crippen LogP contribution in [0.2, 0.25) is 0 Å². The van der Waals surface area contributed by atoms with Gasteiger partial charge >= 0.3 is 11.9 Å². The van der Waals surface area contributed by atoms with Crippen LogP contribution in [0.25, 0.3) is 0 Å². The van der Waals surface area contributed by atoms with E-state index in [1.165, 1.54) is 0 Å². The van der Waals surface area contributed by atoms with Gasteiger partial charge in [-0.25, -0.2) is 0 Å². The first-order chi connectivity index (χ1) is 6.11. The highest BCUT2D eigenvalue weighted by Gasteiger charge is 2.28. The van der Waals surface area contributed by atoms with Gasteiger partial charge in [0.15, 0.2) is 0 Å². The van der Waals surface area contributed by atoms with Gasteiger partial charge in [0.2, 0.25) is 0 Å². The van der Waals surface area contributed by atoms with E-state index in [2.05, 4.69) is 0 Å². The fourth-order valence-corrected chi connectivity index (χ4v) is 1.81. The van der Waals surface area contributed by atoms with Crippen LogP contribution in [0, 0.1) is 11.8 Å². The lowest BCUT2D eigenvalue weighted by Crippen LogP contribution is -2.20. The molecule has 1 saturated carbocycles. The first-order valence-corrected chi connectivity index (χ1v) is 4.57. The van der Waals surface area contributed by atoms with Crippen molar-refractivity contribution in [2.24, 2.45) is 11.8 Å². The zero-order valence-corrected chi connectivity index (χ0v) is 7.40. The maximum Gasteiger partial charge on any atom is 0.306 e. The molecule has 4 nitrogen and oxygen atoms in total. The molecule has 74 valence electrons. The highest BCUT2D eigenvalue weighted by atomic mass is 16.4. The summed E-state index contributed by atoms with van der Waals surface area (Å²) in [7, 11) is 0. The summed E-state index contributed by atoms with van der Waals surface area (Å²) in [5.74, 6) is -2.62. The monoisotopic (exact) mass is 186 g/mol. The molecule has 2 atom stereocenters. The van der Waals surface area contributed by atoms with Crippen LogP contribution >= 0.6 is 0 Å². The van der Waals surface area contributed by atoms with Gasteiger partial charge in [0, 0.05) is 0 Å². The smallest absolute Gasteiger partial charge is 0.306 e. The zero-order valence-electron chi connectivity index (χ0n) is 7.40. The third-order valence-electron chi connectivity index (χ3n) is 2.62. The molecule has 0 heterocycles. The van der Waals surface area contributed by atoms with Crippen molar-refractivity contribution in [2.45, 2.75) is 32.1 Å². The van der Waals surface area contributed by atoms with E-state index in [-0.39, 0.29) is 0 Å². The number of rotatable bonds is 2. The molecule has 2 unspecified atom stereocenters. The second-order valence-corrected chi connectivity index (χ2v) is 3.59. The molecular formula is C9H14O4. The van der Waals surface area contributed by atoms with Crippen LogP contribution in [0.1, 0.15) is 32.1 Å². The fraction of sp³-hybridized carbons (Fsp3) is 0.778. The molecule has 0 spiro atoms. The maximum atomic E-state index is 10.7. The topological polar surface area (TPSA) is 74.6 Å². The molecule has 1 fully saturated rings. The SMILES string of the molecule is O=C(O)C1CCCCC(C(=O)O)C1. The third kappa shape index (κ3) is 2.72. The summed E-state index contributed by atoms with van der Waals surface area (Å²) in [6.45, 7) is 0. The van der Waals surface area contributed by atoms with Gasteiger partial charge in [-0.1, -0.05) is 12.8 Å². The first-order valence-electron chi connectivity index (χ1n) is 4.57. The van der Waals surface area contributed by atoms with E-state index in [1.54, 1.807) is 0 Å². The van der Waals surface area contributed by atoms with Gasteiger partial charge in [-0.05, 0) is 19.3 Å². The number of carboxylic acids is 2. The Morgan fingerprint density at radius 1 is 0.923 bits per heavy atom. The average molecular weight is 186 g/mol. The van der Waals surface area contributed by atoms with Crippen LogP contribution in [0.15, 0.2) is 0 Å². The molecule has 1 aliphatic carbocycles. The summed E-state index contributed by atoms with van der Waals surface area (Å²) in [6, 6.07) is 0. The summed E-state index contributed by atoms with van der Waals surface area (Å²) in [4.78, 5) is 21.4. The summed E-state index contributed by atoms with van der Waals surface area (Å²) in [6.07, 6.45) is 3.21. The number of carbonyl (C=O) groups is 2. The molecule has 1 aliphatic rings. The Balaban J connectivity index is 2.59. The summed E-state index contributed by atoms with van der Waals surface area (Å²) < 4.78 is 0. The molecule has 0 saturated heterocycles. The van der Waals surface area contributed by atoms with Gasteiger partial charge in [0.25, 0.3) is 0 Å². The Morgan fingerprint density at radius 2 is 1.31 bits per heavy atom. The van der Waals surface area contributed by atoms with E-state index in [1.807, 2.05) is 0 Å². The average Bonchev–Trinajstić information content (AvgIpc) is 2.28. The molecular weight excluding hydrogens is 172 g/mol. The van der Waals surface area contributed by atoms with Crippen molar-refractivity contribution in [2.75, 3.05) is 0 Å². The first kappa shape index (κ1) is 10.0. The van der Waals surface area contributed by atoms with E-state index in [9.17, 15) is 9.59 Å². The predicted octanol–water partition coefficient (Wildman–Crippen LogP) is 1.35. The molecule has 0 aromatic carbocycles. The maximum absolute atomic E-state index is 10.7. The van der Waals surface area contributed by atoms with E-state index < -0.39 is 23.8 Å². The van der Waals surface area contributed by atoms with Crippen molar-refractivity contribution in [1.82, 2.24) is 0 Å². The summed E-state index contributed by atoms with van der Waals surface area (Å²) in [5.41, 5.74) is 0. The zero-order chi connectivity index (χ0) is 9.84. The van der Waals surface area contributed by atoms with E-state index in [4.69, 9.17) is 10.2 Å². The van der Waals surface area contributed by atoms with Crippen LogP contribution < -0.4 is 0 Å². The predicted molar refractivity (Wildman–Crippen MR) is 45.3 cm³/mol. The minimum atomic E-state index is -0.854. The standard InChI is InChI=1S/C9H14O4/c10-8(11)6-3-1-2-4-7(5-6)9(12)13/h6-7H,1-5H2,(H,10,11)(H,12,13). The van der Waals surface area contributed by atoms with E-state index in [0.29, 0.717) is 19.3 Å². The van der Waals surface area contributed by atoms with Gasteiger partial charge in [-0.2, -0.15) is 0 Å². The molecule has 4 heteroatoms. The van der Waals surface area contributed by atoms with Crippen LogP contribution in [-0.2, 0) is 9.59 Å². The largest absolute Gasteiger partial charge is 0.481 e. The summed E-state index contributed by atoms with van der Waals surface area (Å²) >= 11 is 0. The second kappa shape index (κ2) is 4.25. The molecule has 0 aliphatic heterocycles. The highest BCUT2D eigenvalue weighted by molar-refractivity contribution is 5.73. The van der Waals surface area contributed by atoms with Crippen molar-refractivity contribution in [3.8, 4) is 0 Å². The Kier molecular flexibility index (Phi) is 3.28. The Hall–Kier alpha value is -1.06. The molecule has 2 N–H and O–H groups in total. The van der Waals surface area contributed by atoms with Crippen LogP contribution in [-0.4, -0.2) is 22.2 Å². The molecule has 0 amide bonds. The molecule has 0 radical (unpaired) electrons. The third-order valence-corrected chi connectivity index (χ3v) is 2.62. The normalized spacial score (nSPS) is 29.2. The van der Waals surface area contributed by atoms with Gasteiger partial charge in [-0.3, -0.25) is 9.59 Å². The van der Waals surface area contributed by atoms with Gasteiger partial charge in [-0.15, -0.1) is 0 Å². The minimum Gasteiger partial charge on any atom is -0.481 e. The summed E-state index contributed by atoms with van der Waals surface area (Å²) in [5, 5.41) is 17.5. The number of carboxylic acid groups (broad SMARTS) is 2. The number of aliphatic carboxylic acids is 2. The lowest BCUT2D eigenvalue weighted by Gasteiger charge is -2.12. The molecule has 1 rings (SSSR count). The molecule has 0 aromatic rings. The van der Waals surface area contributed by atoms with Crippen molar-refractivity contribution in [1.29, 1.82) is 0 Å². The van der Waals surface area contributed by atoms with Crippen molar-refractivity contribution in [3.63, 3.8) is 0 Å². The van der Waals surface area contributed by atoms with Crippen LogP contribution in [0.4, 0.5) is 0 Å². The lowest BCUT2D eigenvalue weighted by molar-refractivity contribution is -0.145. The lowest BCUT2D eigenvalue weighted by atomic mass is 9.93. The molecule has 13 heavy (non-hydrogen) atoms. The number of hydrogen-bond donors (Lipinski definition) is 2. The Labute approximate surface area is 76.6 Å². The van der Waals surface area contributed by atoms with Gasteiger partial charge in [0.1, 0.15) is 0 Å². The Morgan fingerprint density at radius 3 is 1.62 bits per heavy atom. The Bertz CT molecular complexity index is 190. The van der Waals surface area contributed by atoms with Gasteiger partial charge in [0.05, 0.1) is 11.8 Å². The quantitative estimate of drug-likeness (QED) is 0.638. The van der Waals surface area contributed by atoms with Crippen molar-refractivity contribution in [3.05, 3.63) is 0 Å². The van der Waals surface area contributed by atoms with Crippen molar-refractivity contribution >= 4 is 11.9 Å². The van der Waals surface area contributed by atoms with E-state index in [0.717, 1.165) is 12.8 Å². The van der Waals surface area contributed by atoms with Gasteiger partial charge < -0.3 is 10.2 Å². The second-order valence-electron chi connectivity index (χ2n) is 3.59. The van der Waals surface area contributed by atoms with Crippen molar-refractivity contribution < 1.29 is 19.8 Å². The van der Waals surface area contributed by atoms with Crippen LogP contribution in [0.5, 0.6) is 0 Å². The fourth-order valence-electron chi connectivity index (χ4n) is 1.81. The number of hydrogen-bond acceptors (Lipinski definition) is 2. The molecule has 0 aromatic heterocycles. The highest BCUT2D eigenvalue weighted by Crippen LogP contribution is 2.27. The minimum absolute atomic E-state index is 0.296. The van der Waals surface area contributed by atoms with E-state index >= 15 is 0 Å². The van der Waals surface area contributed by atoms with Crippen LogP contribution in [0.3, 0.4) is 0 Å². The molecule has 0 bridgehead atoms.